The molecule has 2 N–H and O–H groups in total. The Kier molecular flexibility index (Phi) is 5.81. The van der Waals surface area contributed by atoms with Gasteiger partial charge in [0.15, 0.2) is 0 Å². The zero-order valence-electron chi connectivity index (χ0n) is 16.4. The molecule has 0 spiro atoms. The van der Waals surface area contributed by atoms with E-state index in [0.29, 0.717) is 28.4 Å². The van der Waals surface area contributed by atoms with Gasteiger partial charge in [-0.1, -0.05) is 6.07 Å². The molecule has 0 aliphatic carbocycles. The number of nitrogens with zero attached hydrogens (tertiary/aromatic N) is 1. The van der Waals surface area contributed by atoms with Crippen LogP contribution in [-0.2, 0) is 14.4 Å². The highest BCUT2D eigenvalue weighted by molar-refractivity contribution is 6.04. The van der Waals surface area contributed by atoms with Crippen LogP contribution in [0.15, 0.2) is 36.4 Å². The van der Waals surface area contributed by atoms with Crippen LogP contribution in [0, 0.1) is 18.7 Å². The number of anilines is 3. The van der Waals surface area contributed by atoms with Gasteiger partial charge in [-0.15, -0.1) is 0 Å². The largest absolute Gasteiger partial charge is 0.495 e. The van der Waals surface area contributed by atoms with E-state index in [9.17, 15) is 18.8 Å². The van der Waals surface area contributed by atoms with Gasteiger partial charge in [0.05, 0.1) is 18.7 Å². The van der Waals surface area contributed by atoms with Crippen molar-refractivity contribution < 1.29 is 23.5 Å². The smallest absolute Gasteiger partial charge is 0.229 e. The predicted octanol–water partition coefficient (Wildman–Crippen LogP) is 3.09. The maximum Gasteiger partial charge on any atom is 0.229 e. The summed E-state index contributed by atoms with van der Waals surface area (Å²) in [5.41, 5.74) is 1.81. The third-order valence-electron chi connectivity index (χ3n) is 4.74. The first-order chi connectivity index (χ1) is 13.8. The lowest BCUT2D eigenvalue weighted by Crippen LogP contribution is -2.28. The fourth-order valence-electron chi connectivity index (χ4n) is 3.20. The first-order valence-electron chi connectivity index (χ1n) is 9.11. The van der Waals surface area contributed by atoms with Crippen LogP contribution >= 0.6 is 0 Å². The highest BCUT2D eigenvalue weighted by Crippen LogP contribution is 2.31. The molecule has 1 atom stereocenters. The Hall–Kier alpha value is -3.42. The van der Waals surface area contributed by atoms with E-state index < -0.39 is 11.7 Å². The van der Waals surface area contributed by atoms with Gasteiger partial charge in [0.2, 0.25) is 17.7 Å². The van der Waals surface area contributed by atoms with E-state index in [0.717, 1.165) is 0 Å². The van der Waals surface area contributed by atoms with Gasteiger partial charge in [0.1, 0.15) is 11.6 Å². The maximum absolute atomic E-state index is 13.9. The predicted molar refractivity (Wildman–Crippen MR) is 108 cm³/mol. The molecule has 1 aliphatic rings. The number of hydrogen-bond donors (Lipinski definition) is 2. The van der Waals surface area contributed by atoms with Gasteiger partial charge >= 0.3 is 0 Å². The van der Waals surface area contributed by atoms with Crippen LogP contribution in [0.4, 0.5) is 21.5 Å². The Morgan fingerprint density at radius 2 is 1.93 bits per heavy atom. The molecule has 1 saturated heterocycles. The molecule has 1 unspecified atom stereocenters. The van der Waals surface area contributed by atoms with Crippen molar-refractivity contribution in [2.24, 2.45) is 5.92 Å². The third kappa shape index (κ3) is 4.53. The van der Waals surface area contributed by atoms with Crippen LogP contribution in [-0.4, -0.2) is 31.4 Å². The van der Waals surface area contributed by atoms with E-state index in [2.05, 4.69) is 10.6 Å². The van der Waals surface area contributed by atoms with Crippen molar-refractivity contribution in [3.8, 4) is 5.75 Å². The number of aryl methyl sites for hydroxylation is 1. The molecule has 0 bridgehead atoms. The van der Waals surface area contributed by atoms with Crippen molar-refractivity contribution >= 4 is 34.8 Å². The molecule has 1 aliphatic heterocycles. The fraction of sp³-hybridized carbons (Fsp3) is 0.286. The molecule has 1 fully saturated rings. The summed E-state index contributed by atoms with van der Waals surface area (Å²) in [6.07, 6.45) is 0.0228. The Morgan fingerprint density at radius 3 is 2.59 bits per heavy atom. The first kappa shape index (κ1) is 20.3. The maximum atomic E-state index is 13.9. The minimum Gasteiger partial charge on any atom is -0.495 e. The highest BCUT2D eigenvalue weighted by Gasteiger charge is 2.35. The molecule has 29 heavy (non-hydrogen) atoms. The Morgan fingerprint density at radius 1 is 1.17 bits per heavy atom. The molecule has 2 aromatic carbocycles. The standard InChI is InChI=1S/C21H22FN3O4/c1-12-4-6-16(10-17(12)22)25-11-14(8-20(25)27)21(28)24-18-9-15(23-13(2)26)5-7-19(18)29-3/h4-7,9-10,14H,8,11H2,1-3H3,(H,23,26)(H,24,28). The lowest BCUT2D eigenvalue weighted by atomic mass is 10.1. The summed E-state index contributed by atoms with van der Waals surface area (Å²) in [7, 11) is 1.47. The number of amides is 3. The van der Waals surface area contributed by atoms with Crippen LogP contribution in [0.3, 0.4) is 0 Å². The molecule has 152 valence electrons. The average Bonchev–Trinajstić information content (AvgIpc) is 3.05. The van der Waals surface area contributed by atoms with Gasteiger partial charge in [0.25, 0.3) is 0 Å². The molecular weight excluding hydrogens is 377 g/mol. The van der Waals surface area contributed by atoms with E-state index in [-0.39, 0.29) is 30.7 Å². The molecule has 2 aromatic rings. The number of benzene rings is 2. The van der Waals surface area contributed by atoms with Crippen LogP contribution in [0.25, 0.3) is 0 Å². The van der Waals surface area contributed by atoms with Crippen molar-refractivity contribution in [2.45, 2.75) is 20.3 Å². The molecule has 7 nitrogen and oxygen atoms in total. The number of carbonyl (C=O) groups is 3. The number of hydrogen-bond acceptors (Lipinski definition) is 4. The fourth-order valence-corrected chi connectivity index (χ4v) is 3.20. The van der Waals surface area contributed by atoms with Crippen LogP contribution in [0.2, 0.25) is 0 Å². The summed E-state index contributed by atoms with van der Waals surface area (Å²) >= 11 is 0. The van der Waals surface area contributed by atoms with E-state index in [4.69, 9.17) is 4.74 Å². The number of methoxy groups -OCH3 is 1. The summed E-state index contributed by atoms with van der Waals surface area (Å²) in [6, 6.07) is 9.43. The van der Waals surface area contributed by atoms with Crippen molar-refractivity contribution in [2.75, 3.05) is 29.2 Å². The van der Waals surface area contributed by atoms with Gasteiger partial charge in [-0.25, -0.2) is 4.39 Å². The van der Waals surface area contributed by atoms with E-state index in [1.165, 1.54) is 25.0 Å². The van der Waals surface area contributed by atoms with Crippen LogP contribution < -0.4 is 20.3 Å². The van der Waals surface area contributed by atoms with Crippen molar-refractivity contribution in [1.82, 2.24) is 0 Å². The SMILES string of the molecule is COc1ccc(NC(C)=O)cc1NC(=O)C1CC(=O)N(c2ccc(C)c(F)c2)C1. The topological polar surface area (TPSA) is 87.7 Å². The molecule has 3 rings (SSSR count). The summed E-state index contributed by atoms with van der Waals surface area (Å²) in [6.45, 7) is 3.18. The van der Waals surface area contributed by atoms with E-state index >= 15 is 0 Å². The normalized spacial score (nSPS) is 15.9. The average molecular weight is 399 g/mol. The first-order valence-corrected chi connectivity index (χ1v) is 9.11. The van der Waals surface area contributed by atoms with E-state index in [1.807, 2.05) is 0 Å². The van der Waals surface area contributed by atoms with Gasteiger partial charge in [-0.3, -0.25) is 14.4 Å². The second kappa shape index (κ2) is 8.30. The molecule has 0 saturated carbocycles. The minimum absolute atomic E-state index is 0.0228. The lowest BCUT2D eigenvalue weighted by molar-refractivity contribution is -0.122. The summed E-state index contributed by atoms with van der Waals surface area (Å²) < 4.78 is 19.1. The second-order valence-corrected chi connectivity index (χ2v) is 6.92. The number of rotatable bonds is 5. The zero-order chi connectivity index (χ0) is 21.1. The Labute approximate surface area is 167 Å². The number of halogens is 1. The van der Waals surface area contributed by atoms with Gasteiger partial charge in [-0.05, 0) is 42.8 Å². The summed E-state index contributed by atoms with van der Waals surface area (Å²) in [5.74, 6) is -1.41. The van der Waals surface area contributed by atoms with Crippen LogP contribution in [0.5, 0.6) is 5.75 Å². The second-order valence-electron chi connectivity index (χ2n) is 6.92. The minimum atomic E-state index is -0.596. The Bertz CT molecular complexity index is 976. The molecule has 0 aromatic heterocycles. The lowest BCUT2D eigenvalue weighted by Gasteiger charge is -2.18. The highest BCUT2D eigenvalue weighted by atomic mass is 19.1. The van der Waals surface area contributed by atoms with Crippen molar-refractivity contribution in [1.29, 1.82) is 0 Å². The van der Waals surface area contributed by atoms with E-state index in [1.54, 1.807) is 37.3 Å². The van der Waals surface area contributed by atoms with Gasteiger partial charge in [0, 0.05) is 31.3 Å². The Balaban J connectivity index is 1.75. The third-order valence-corrected chi connectivity index (χ3v) is 4.74. The van der Waals surface area contributed by atoms with Crippen LogP contribution in [0.1, 0.15) is 18.9 Å². The molecule has 3 amide bonds. The zero-order valence-corrected chi connectivity index (χ0v) is 16.4. The number of carbonyl (C=O) groups excluding carboxylic acids is 3. The molecule has 0 radical (unpaired) electrons. The van der Waals surface area contributed by atoms with Crippen molar-refractivity contribution in [3.63, 3.8) is 0 Å². The number of ether oxygens (including phenoxy) is 1. The van der Waals surface area contributed by atoms with Crippen molar-refractivity contribution in [3.05, 3.63) is 47.8 Å². The summed E-state index contributed by atoms with van der Waals surface area (Å²) in [5, 5.41) is 5.40. The van der Waals surface area contributed by atoms with Gasteiger partial charge < -0.3 is 20.3 Å². The quantitative estimate of drug-likeness (QED) is 0.809. The number of nitrogens with one attached hydrogen (secondary N) is 2. The molecule has 8 heteroatoms. The van der Waals surface area contributed by atoms with Gasteiger partial charge in [-0.2, -0.15) is 0 Å². The molecule has 1 heterocycles. The summed E-state index contributed by atoms with van der Waals surface area (Å²) in [4.78, 5) is 37.8. The monoisotopic (exact) mass is 399 g/mol. The molecular formula is C21H22FN3O4.